The highest BCUT2D eigenvalue weighted by atomic mass is 32.3. The molecule has 1 unspecified atom stereocenters. The van der Waals surface area contributed by atoms with E-state index in [1.165, 1.54) is 6.92 Å². The van der Waals surface area contributed by atoms with Crippen molar-refractivity contribution in [2.45, 2.75) is 50.9 Å². The van der Waals surface area contributed by atoms with Crippen LogP contribution in [0.5, 0.6) is 0 Å². The molecule has 3 nitrogen and oxygen atoms in total. The largest absolute Gasteiger partial charge is 0.416 e. The van der Waals surface area contributed by atoms with Gasteiger partial charge in [0.1, 0.15) is 0 Å². The van der Waals surface area contributed by atoms with Gasteiger partial charge in [-0.3, -0.25) is 0 Å². The van der Waals surface area contributed by atoms with E-state index in [2.05, 4.69) is 4.40 Å². The van der Waals surface area contributed by atoms with Crippen molar-refractivity contribution in [3.63, 3.8) is 0 Å². The molecule has 0 heterocycles. The van der Waals surface area contributed by atoms with E-state index in [0.717, 1.165) is 0 Å². The summed E-state index contributed by atoms with van der Waals surface area (Å²) < 4.78 is 99.6. The van der Waals surface area contributed by atoms with Gasteiger partial charge in [-0.25, -0.2) is 4.40 Å². The Hall–Kier alpha value is -2.04. The molecule has 184 valence electrons. The van der Waals surface area contributed by atoms with Gasteiger partial charge in [-0.15, -0.1) is 0 Å². The Morgan fingerprint density at radius 3 is 1.85 bits per heavy atom. The van der Waals surface area contributed by atoms with Gasteiger partial charge in [0.15, 0.2) is 0 Å². The molecular formula is C23H27F6NO2S. The van der Waals surface area contributed by atoms with Crippen molar-refractivity contribution in [2.24, 2.45) is 4.40 Å². The highest BCUT2D eigenvalue weighted by Crippen LogP contribution is 2.54. The molecular weight excluding hydrogens is 468 g/mol. The van der Waals surface area contributed by atoms with Gasteiger partial charge in [0, 0.05) is 11.0 Å². The molecule has 0 amide bonds. The van der Waals surface area contributed by atoms with E-state index >= 15 is 0 Å². The molecule has 0 radical (unpaired) electrons. The molecule has 2 rings (SSSR count). The van der Waals surface area contributed by atoms with Crippen molar-refractivity contribution in [3.05, 3.63) is 70.8 Å². The van der Waals surface area contributed by atoms with Gasteiger partial charge < -0.3 is 9.29 Å². The Bertz CT molecular complexity index is 947. The topological polar surface area (TPSA) is 41.8 Å². The van der Waals surface area contributed by atoms with Crippen LogP contribution in [0.15, 0.2) is 52.9 Å². The third kappa shape index (κ3) is 7.22. The molecule has 0 spiro atoms. The first-order chi connectivity index (χ1) is 14.9. The van der Waals surface area contributed by atoms with Crippen molar-refractivity contribution in [1.29, 1.82) is 0 Å². The average molecular weight is 496 g/mol. The maximum absolute atomic E-state index is 13.2. The summed E-state index contributed by atoms with van der Waals surface area (Å²) in [5, 5.41) is 0. The Kier molecular flexibility index (Phi) is 7.98. The molecule has 0 aliphatic heterocycles. The van der Waals surface area contributed by atoms with Gasteiger partial charge in [-0.2, -0.15) is 26.3 Å². The lowest BCUT2D eigenvalue weighted by molar-refractivity contribution is -0.143. The normalized spacial score (nSPS) is 17.4. The minimum atomic E-state index is -4.94. The summed E-state index contributed by atoms with van der Waals surface area (Å²) in [4.78, 5) is 0. The van der Waals surface area contributed by atoms with Crippen molar-refractivity contribution in [2.75, 3.05) is 12.9 Å². The van der Waals surface area contributed by atoms with E-state index < -0.39 is 44.8 Å². The number of hydrogen-bond acceptors (Lipinski definition) is 3. The zero-order valence-corrected chi connectivity index (χ0v) is 19.7. The summed E-state index contributed by atoms with van der Waals surface area (Å²) in [6, 6.07) is 10.1. The predicted molar refractivity (Wildman–Crippen MR) is 120 cm³/mol. The first kappa shape index (κ1) is 27.2. The van der Waals surface area contributed by atoms with Crippen molar-refractivity contribution < 1.29 is 35.6 Å². The fourth-order valence-electron chi connectivity index (χ4n) is 2.66. The Balaban J connectivity index is 2.41. The summed E-state index contributed by atoms with van der Waals surface area (Å²) >= 11 is 0. The zero-order valence-electron chi connectivity index (χ0n) is 18.9. The van der Waals surface area contributed by atoms with Crippen LogP contribution in [0.25, 0.3) is 0 Å². The predicted octanol–water partition coefficient (Wildman–Crippen LogP) is 7.91. The molecule has 2 aromatic rings. The van der Waals surface area contributed by atoms with Crippen molar-refractivity contribution in [1.82, 2.24) is 0 Å². The Labute approximate surface area is 191 Å². The number of hydrogen-bond donors (Lipinski definition) is 1. The van der Waals surface area contributed by atoms with Gasteiger partial charge >= 0.3 is 12.4 Å². The standard InChI is InChI=1S/C23H27F6NO2S/c1-15(17-11-18(22(24,25)26)13-19(12-17)23(27,28)29)32-14-20(16-9-7-6-8-10-16)30-33(5,31)21(2,3)4/h6-13,15,31H,14H2,1-5H3/b30-20-/t15-/m1/s1. The number of benzene rings is 2. The SMILES string of the molecule is C[C@@H](OC/C(=N/S(C)(O)C(C)(C)C)c1ccccc1)c1cc(C(F)(F)F)cc(C(F)(F)F)c1. The second kappa shape index (κ2) is 9.68. The lowest BCUT2D eigenvalue weighted by atomic mass is 10.0. The molecule has 0 aromatic heterocycles. The summed E-state index contributed by atoms with van der Waals surface area (Å²) in [5.74, 6) is 0. The van der Waals surface area contributed by atoms with Crippen LogP contribution in [0.4, 0.5) is 26.3 Å². The van der Waals surface area contributed by atoms with Crippen LogP contribution in [-0.2, 0) is 17.1 Å². The fraction of sp³-hybridized carbons (Fsp3) is 0.435. The van der Waals surface area contributed by atoms with Crippen LogP contribution in [0.3, 0.4) is 0 Å². The molecule has 0 aliphatic carbocycles. The summed E-state index contributed by atoms with van der Waals surface area (Å²) in [5.41, 5.74) is -2.10. The second-order valence-electron chi connectivity index (χ2n) is 8.64. The van der Waals surface area contributed by atoms with E-state index in [1.807, 2.05) is 20.8 Å². The lowest BCUT2D eigenvalue weighted by Gasteiger charge is -2.39. The van der Waals surface area contributed by atoms with E-state index in [1.54, 1.807) is 36.6 Å². The van der Waals surface area contributed by atoms with Crippen LogP contribution in [0, 0.1) is 0 Å². The lowest BCUT2D eigenvalue weighted by Crippen LogP contribution is -2.24. The summed E-state index contributed by atoms with van der Waals surface area (Å²) in [7, 11) is -2.50. The highest BCUT2D eigenvalue weighted by molar-refractivity contribution is 8.28. The molecule has 1 N–H and O–H groups in total. The minimum Gasteiger partial charge on any atom is -0.367 e. The van der Waals surface area contributed by atoms with Gasteiger partial charge in [0.2, 0.25) is 0 Å². The van der Waals surface area contributed by atoms with Gasteiger partial charge in [-0.05, 0) is 67.5 Å². The van der Waals surface area contributed by atoms with Gasteiger partial charge in [0.05, 0.1) is 29.5 Å². The highest BCUT2D eigenvalue weighted by Gasteiger charge is 2.37. The molecule has 10 heteroatoms. The van der Waals surface area contributed by atoms with E-state index in [4.69, 9.17) is 4.74 Å². The van der Waals surface area contributed by atoms with Crippen LogP contribution in [0.2, 0.25) is 0 Å². The van der Waals surface area contributed by atoms with Crippen LogP contribution >= 0.6 is 10.5 Å². The smallest absolute Gasteiger partial charge is 0.367 e. The number of halogens is 6. The summed E-state index contributed by atoms with van der Waals surface area (Å²) in [6.07, 6.45) is -9.39. The van der Waals surface area contributed by atoms with Crippen LogP contribution < -0.4 is 0 Å². The Morgan fingerprint density at radius 1 is 0.939 bits per heavy atom. The number of ether oxygens (including phenoxy) is 1. The number of nitrogens with zero attached hydrogens (tertiary/aromatic N) is 1. The average Bonchev–Trinajstić information content (AvgIpc) is 2.69. The quantitative estimate of drug-likeness (QED) is 0.327. The third-order valence-corrected chi connectivity index (χ3v) is 8.00. The Morgan fingerprint density at radius 2 is 1.42 bits per heavy atom. The second-order valence-corrected chi connectivity index (χ2v) is 11.7. The van der Waals surface area contributed by atoms with E-state index in [-0.39, 0.29) is 18.2 Å². The first-order valence-electron chi connectivity index (χ1n) is 9.97. The monoisotopic (exact) mass is 495 g/mol. The molecule has 0 fully saturated rings. The molecule has 2 atom stereocenters. The van der Waals surface area contributed by atoms with Crippen molar-refractivity contribution in [3.8, 4) is 0 Å². The van der Waals surface area contributed by atoms with Gasteiger partial charge in [-0.1, -0.05) is 30.3 Å². The first-order valence-corrected chi connectivity index (χ1v) is 11.9. The maximum atomic E-state index is 13.2. The van der Waals surface area contributed by atoms with E-state index in [0.29, 0.717) is 23.4 Å². The maximum Gasteiger partial charge on any atom is 0.416 e. The molecule has 0 aliphatic rings. The van der Waals surface area contributed by atoms with Crippen molar-refractivity contribution >= 4 is 16.2 Å². The molecule has 0 saturated heterocycles. The molecule has 33 heavy (non-hydrogen) atoms. The van der Waals surface area contributed by atoms with E-state index in [9.17, 15) is 30.9 Å². The fourth-order valence-corrected chi connectivity index (χ4v) is 3.52. The minimum absolute atomic E-state index is 0.0803. The molecule has 2 aromatic carbocycles. The number of alkyl halides is 6. The summed E-state index contributed by atoms with van der Waals surface area (Å²) in [6.45, 7) is 6.60. The molecule has 0 saturated carbocycles. The third-order valence-electron chi connectivity index (χ3n) is 5.10. The van der Waals surface area contributed by atoms with Crippen LogP contribution in [-0.4, -0.2) is 27.9 Å². The molecule has 0 bridgehead atoms. The van der Waals surface area contributed by atoms with Crippen LogP contribution in [0.1, 0.15) is 56.1 Å². The number of rotatable bonds is 6. The zero-order chi connectivity index (χ0) is 25.2. The van der Waals surface area contributed by atoms with Gasteiger partial charge in [0.25, 0.3) is 0 Å².